The van der Waals surface area contributed by atoms with Gasteiger partial charge in [-0.25, -0.2) is 5.26 Å². The molecule has 57 heavy (non-hydrogen) atoms. The minimum Gasteiger partial charge on any atom is -0.371 e. The summed E-state index contributed by atoms with van der Waals surface area (Å²) in [6, 6.07) is 48.9. The maximum absolute atomic E-state index is 13.7. The lowest BCUT2D eigenvalue weighted by molar-refractivity contribution is -0.182. The molecule has 0 bridgehead atoms. The van der Waals surface area contributed by atoms with Gasteiger partial charge in [0, 0.05) is 10.9 Å². The minimum atomic E-state index is -4.61. The van der Waals surface area contributed by atoms with E-state index in [-0.39, 0.29) is 36.4 Å². The van der Waals surface area contributed by atoms with E-state index in [1.807, 2.05) is 152 Å². The van der Waals surface area contributed by atoms with Crippen LogP contribution in [-0.2, 0) is 86.8 Å². The molecule has 0 amide bonds. The van der Waals surface area contributed by atoms with Crippen LogP contribution in [0.15, 0.2) is 152 Å². The molecule has 7 rings (SSSR count). The van der Waals surface area contributed by atoms with Crippen LogP contribution in [0.3, 0.4) is 0 Å². The molecule has 1 N–H and O–H groups in total. The van der Waals surface area contributed by atoms with E-state index in [0.717, 1.165) is 27.8 Å². The van der Waals surface area contributed by atoms with Gasteiger partial charge in [0.1, 0.15) is 35.9 Å². The van der Waals surface area contributed by atoms with E-state index >= 15 is 0 Å². The molecule has 2 fully saturated rings. The zero-order chi connectivity index (χ0) is 39.3. The first-order valence-electron chi connectivity index (χ1n) is 19.1. The van der Waals surface area contributed by atoms with Gasteiger partial charge in [-0.05, 0) is 27.8 Å². The molecule has 0 radical (unpaired) electrons. The molecular formula is C45H49O10S2+. The highest BCUT2D eigenvalue weighted by Gasteiger charge is 2.60. The zero-order valence-electron chi connectivity index (χ0n) is 31.6. The lowest BCUT2D eigenvalue weighted by Crippen LogP contribution is -2.46. The lowest BCUT2D eigenvalue weighted by atomic mass is 10.1. The Morgan fingerprint density at radius 3 is 1.46 bits per heavy atom. The third kappa shape index (κ3) is 11.4. The monoisotopic (exact) mass is 813 g/mol. The van der Waals surface area contributed by atoms with Crippen LogP contribution >= 0.6 is 0 Å². The molecule has 8 atom stereocenters. The molecule has 300 valence electrons. The van der Waals surface area contributed by atoms with Gasteiger partial charge in [0.2, 0.25) is 0 Å². The second-order valence-corrected chi connectivity index (χ2v) is 18.2. The Morgan fingerprint density at radius 1 is 0.561 bits per heavy atom. The van der Waals surface area contributed by atoms with E-state index in [9.17, 15) is 13.7 Å². The van der Waals surface area contributed by atoms with E-state index in [4.69, 9.17) is 28.4 Å². The van der Waals surface area contributed by atoms with Crippen LogP contribution in [0.5, 0.6) is 0 Å². The zero-order valence-corrected chi connectivity index (χ0v) is 33.2. The maximum Gasteiger partial charge on any atom is 0.301 e. The number of hydrogen-bond acceptors (Lipinski definition) is 10. The van der Waals surface area contributed by atoms with Crippen molar-refractivity contribution in [3.05, 3.63) is 179 Å². The van der Waals surface area contributed by atoms with Gasteiger partial charge in [0.15, 0.2) is 16.8 Å². The Bertz CT molecular complexity index is 2010. The lowest BCUT2D eigenvalue weighted by Gasteiger charge is -2.24. The number of ether oxygens (including phenoxy) is 6. The summed E-state index contributed by atoms with van der Waals surface area (Å²) in [4.78, 5) is 0. The van der Waals surface area contributed by atoms with Gasteiger partial charge >= 0.3 is 10.1 Å². The largest absolute Gasteiger partial charge is 0.371 e. The third-order valence-corrected chi connectivity index (χ3v) is 14.4. The Kier molecular flexibility index (Phi) is 15.0. The highest BCUT2D eigenvalue weighted by molar-refractivity contribution is 7.98. The second kappa shape index (κ2) is 20.7. The van der Waals surface area contributed by atoms with Crippen molar-refractivity contribution in [3.63, 3.8) is 0 Å². The third-order valence-electron chi connectivity index (χ3n) is 10.2. The molecule has 10 nitrogen and oxygen atoms in total. The summed E-state index contributed by atoms with van der Waals surface area (Å²) in [5.41, 5.74) is 4.82. The van der Waals surface area contributed by atoms with Crippen molar-refractivity contribution < 1.29 is 46.4 Å². The fourth-order valence-corrected chi connectivity index (χ4v) is 11.5. The van der Waals surface area contributed by atoms with Gasteiger partial charge in [0.05, 0.1) is 39.6 Å². The van der Waals surface area contributed by atoms with Crippen molar-refractivity contribution in [1.82, 2.24) is 0 Å². The van der Waals surface area contributed by atoms with Crippen LogP contribution in [0.4, 0.5) is 0 Å². The van der Waals surface area contributed by atoms with Gasteiger partial charge in [-0.15, -0.1) is 4.33 Å². The van der Waals surface area contributed by atoms with Crippen LogP contribution in [0.1, 0.15) is 27.8 Å². The number of rotatable bonds is 20. The molecule has 0 saturated carbocycles. The van der Waals surface area contributed by atoms with Crippen LogP contribution < -0.4 is 0 Å². The average molecular weight is 814 g/mol. The first kappa shape index (κ1) is 41.2. The van der Waals surface area contributed by atoms with Crippen LogP contribution in [0.25, 0.3) is 0 Å². The Hall–Kier alpha value is -3.92. The van der Waals surface area contributed by atoms with Crippen molar-refractivity contribution in [2.24, 2.45) is 0 Å². The number of hydrogen-bond donors (Lipinski definition) is 1. The number of benzene rings is 5. The van der Waals surface area contributed by atoms with Crippen LogP contribution in [-0.4, -0.2) is 73.0 Å². The summed E-state index contributed by atoms with van der Waals surface area (Å²) in [6.07, 6.45) is -3.88. The Morgan fingerprint density at radius 2 is 0.982 bits per heavy atom. The molecule has 2 saturated heterocycles. The summed E-state index contributed by atoms with van der Waals surface area (Å²) in [7, 11) is -5.18. The SMILES string of the molecule is O=S(=O)(OO)[C@H]1[C@H](OCc2ccccc2)[C@@H](OCc2ccccc2)O[C@@H]1C[S+]1C[C@@H](OCc2ccccc2)[C@H](OCc2ccccc2)[C@H]1COCc1ccccc1. The molecule has 2 aliphatic heterocycles. The Labute approximate surface area is 338 Å². The van der Waals surface area contributed by atoms with Crippen molar-refractivity contribution in [2.75, 3.05) is 18.1 Å². The predicted molar refractivity (Wildman–Crippen MR) is 218 cm³/mol. The van der Waals surface area contributed by atoms with Gasteiger partial charge in [-0.3, -0.25) is 0 Å². The first-order valence-corrected chi connectivity index (χ1v) is 22.2. The first-order chi connectivity index (χ1) is 28.0. The van der Waals surface area contributed by atoms with Gasteiger partial charge < -0.3 is 28.4 Å². The molecule has 0 aliphatic carbocycles. The van der Waals surface area contributed by atoms with E-state index < -0.39 is 44.8 Å². The summed E-state index contributed by atoms with van der Waals surface area (Å²) < 4.78 is 70.8. The van der Waals surface area contributed by atoms with Gasteiger partial charge in [-0.2, -0.15) is 8.42 Å². The quantitative estimate of drug-likeness (QED) is 0.0496. The van der Waals surface area contributed by atoms with Crippen molar-refractivity contribution >= 4 is 21.0 Å². The summed E-state index contributed by atoms with van der Waals surface area (Å²) >= 11 is 0. The van der Waals surface area contributed by atoms with Gasteiger partial charge in [-0.1, -0.05) is 152 Å². The summed E-state index contributed by atoms with van der Waals surface area (Å²) in [5.74, 6) is 0.850. The molecule has 1 unspecified atom stereocenters. The van der Waals surface area contributed by atoms with E-state index in [2.05, 4.69) is 4.33 Å². The minimum absolute atomic E-state index is 0.0939. The van der Waals surface area contributed by atoms with E-state index in [1.54, 1.807) is 0 Å². The molecule has 5 aromatic rings. The summed E-state index contributed by atoms with van der Waals surface area (Å²) in [5, 5.41) is 8.26. The average Bonchev–Trinajstić information content (AvgIpc) is 3.78. The highest BCUT2D eigenvalue weighted by Crippen LogP contribution is 2.37. The second-order valence-electron chi connectivity index (χ2n) is 14.1. The predicted octanol–water partition coefficient (Wildman–Crippen LogP) is 7.09. The molecule has 2 aliphatic rings. The van der Waals surface area contributed by atoms with E-state index in [1.165, 1.54) is 0 Å². The van der Waals surface area contributed by atoms with Crippen molar-refractivity contribution in [1.29, 1.82) is 0 Å². The smallest absolute Gasteiger partial charge is 0.301 e. The van der Waals surface area contributed by atoms with Crippen LogP contribution in [0, 0.1) is 0 Å². The highest BCUT2D eigenvalue weighted by atomic mass is 32.2. The van der Waals surface area contributed by atoms with Crippen molar-refractivity contribution in [2.45, 2.75) is 74.2 Å². The van der Waals surface area contributed by atoms with Crippen molar-refractivity contribution in [3.8, 4) is 0 Å². The Balaban J connectivity index is 1.18. The van der Waals surface area contributed by atoms with E-state index in [0.29, 0.717) is 32.2 Å². The topological polar surface area (TPSA) is 119 Å². The standard InChI is InChI=1S/C45H48O10S2/c46-55-57(47,48)44-40(54-45(53-30-38-24-14-5-15-25-38)43(44)52-29-37-22-12-4-13-23-37)33-56-32-39(50-27-35-18-8-2-9-19-35)42(51-28-36-20-10-3-11-21-36)41(56)31-49-26-34-16-6-1-7-17-34/h1-25,39-45H,26-33H2/p+1/t39-,40-,41-,42+,43+,44-,45+,56?/m1/s1. The summed E-state index contributed by atoms with van der Waals surface area (Å²) in [6.45, 7) is 1.73. The molecular weight excluding hydrogens is 765 g/mol. The fourth-order valence-electron chi connectivity index (χ4n) is 7.28. The fraction of sp³-hybridized carbons (Fsp3) is 0.333. The molecule has 0 aromatic heterocycles. The molecule has 2 heterocycles. The maximum atomic E-state index is 13.7. The normalized spacial score (nSPS) is 24.8. The molecule has 12 heteroatoms. The van der Waals surface area contributed by atoms with Gasteiger partial charge in [0.25, 0.3) is 0 Å². The van der Waals surface area contributed by atoms with Crippen LogP contribution in [0.2, 0.25) is 0 Å². The molecule has 5 aromatic carbocycles. The molecule has 0 spiro atoms.